The predicted octanol–water partition coefficient (Wildman–Crippen LogP) is 4.21. The van der Waals surface area contributed by atoms with Crippen LogP contribution in [-0.4, -0.2) is 30.1 Å². The molecule has 0 aliphatic rings. The van der Waals surface area contributed by atoms with Crippen LogP contribution >= 0.6 is 15.9 Å². The molecule has 2 N–H and O–H groups in total. The Kier molecular flexibility index (Phi) is 4.79. The molecule has 0 spiro atoms. The molecule has 0 fully saturated rings. The molecule has 3 aromatic rings. The van der Waals surface area contributed by atoms with Crippen LogP contribution in [0.4, 0.5) is 5.69 Å². The third-order valence-electron chi connectivity index (χ3n) is 4.39. The number of hydrogen-bond acceptors (Lipinski definition) is 7. The summed E-state index contributed by atoms with van der Waals surface area (Å²) in [4.78, 5) is 23.6. The number of hydrogen-bond donors (Lipinski definition) is 2. The van der Waals surface area contributed by atoms with E-state index in [9.17, 15) is 20.3 Å². The Balaban J connectivity index is 2.19. The minimum absolute atomic E-state index is 0.284. The number of rotatable bonds is 3. The molecule has 9 heteroatoms. The normalized spacial score (nSPS) is 10.8. The van der Waals surface area contributed by atoms with E-state index in [1.165, 1.54) is 12.3 Å². The number of pyridine rings is 1. The highest BCUT2D eigenvalue weighted by Gasteiger charge is 2.21. The van der Waals surface area contributed by atoms with E-state index in [0.29, 0.717) is 16.1 Å². The van der Waals surface area contributed by atoms with E-state index in [-0.39, 0.29) is 5.56 Å². The summed E-state index contributed by atoms with van der Waals surface area (Å²) in [6.07, 6.45) is 1.52. The van der Waals surface area contributed by atoms with Crippen molar-refractivity contribution in [3.8, 4) is 34.1 Å². The number of phenols is 2. The molecule has 0 bridgehead atoms. The summed E-state index contributed by atoms with van der Waals surface area (Å²) in [5.41, 5.74) is 3.63. The minimum Gasteiger partial charge on any atom is -0.504 e. The van der Waals surface area contributed by atoms with Crippen LogP contribution < -0.4 is 0 Å². The van der Waals surface area contributed by atoms with Gasteiger partial charge in [0.25, 0.3) is 0 Å². The first-order chi connectivity index (χ1) is 12.7. The molecule has 0 saturated heterocycles. The molecule has 3 rings (SSSR count). The van der Waals surface area contributed by atoms with Gasteiger partial charge in [0, 0.05) is 23.5 Å². The van der Waals surface area contributed by atoms with Crippen molar-refractivity contribution in [1.82, 2.24) is 15.0 Å². The van der Waals surface area contributed by atoms with Crippen molar-refractivity contribution in [2.45, 2.75) is 20.8 Å². The van der Waals surface area contributed by atoms with Gasteiger partial charge in [0.15, 0.2) is 11.6 Å². The van der Waals surface area contributed by atoms with Gasteiger partial charge >= 0.3 is 5.69 Å². The van der Waals surface area contributed by atoms with E-state index in [2.05, 4.69) is 30.9 Å². The fourth-order valence-electron chi connectivity index (χ4n) is 2.69. The summed E-state index contributed by atoms with van der Waals surface area (Å²) in [5, 5.41) is 30.6. The quantitative estimate of drug-likeness (QED) is 0.276. The number of phenolic OH excluding ortho intramolecular Hbond substituents is 2. The van der Waals surface area contributed by atoms with Crippen LogP contribution in [0.1, 0.15) is 16.8 Å². The number of nitro groups is 1. The first-order valence-electron chi connectivity index (χ1n) is 7.88. The number of halogens is 1. The molecule has 27 heavy (non-hydrogen) atoms. The molecule has 0 unspecified atom stereocenters. The Hall–Kier alpha value is -3.07. The average molecular weight is 431 g/mol. The van der Waals surface area contributed by atoms with Crippen LogP contribution in [0.15, 0.2) is 29.0 Å². The summed E-state index contributed by atoms with van der Waals surface area (Å²) < 4.78 is 0.597. The molecule has 8 nitrogen and oxygen atoms in total. The second-order valence-corrected chi connectivity index (χ2v) is 6.75. The average Bonchev–Trinajstić information content (AvgIpc) is 2.62. The Morgan fingerprint density at radius 3 is 2.48 bits per heavy atom. The lowest BCUT2D eigenvalue weighted by atomic mass is 10.0. The molecular formula is C18H15BrN4O4. The highest BCUT2D eigenvalue weighted by atomic mass is 79.9. The van der Waals surface area contributed by atoms with Crippen molar-refractivity contribution in [2.75, 3.05) is 0 Å². The van der Waals surface area contributed by atoms with Gasteiger partial charge in [-0.05, 0) is 60.0 Å². The molecule has 138 valence electrons. The standard InChI is InChI=1S/C18H15BrN4O4/c1-8-9(2)15(17(19)21-10(8)3)18-20-5-4-12(22-18)11-6-13(23(26)27)16(25)14(24)7-11/h4-7,24-25H,1-3H3. The summed E-state index contributed by atoms with van der Waals surface area (Å²) in [7, 11) is 0. The zero-order valence-corrected chi connectivity index (χ0v) is 16.3. The van der Waals surface area contributed by atoms with Crippen LogP contribution in [-0.2, 0) is 0 Å². The van der Waals surface area contributed by atoms with Crippen molar-refractivity contribution in [1.29, 1.82) is 0 Å². The molecule has 1 aromatic carbocycles. The molecule has 2 aromatic heterocycles. The van der Waals surface area contributed by atoms with E-state index in [4.69, 9.17) is 0 Å². The Bertz CT molecular complexity index is 1090. The maximum Gasteiger partial charge on any atom is 0.315 e. The van der Waals surface area contributed by atoms with Gasteiger partial charge in [-0.1, -0.05) is 0 Å². The molecule has 0 amide bonds. The number of aryl methyl sites for hydroxylation is 1. The number of nitro benzene ring substituents is 1. The fourth-order valence-corrected chi connectivity index (χ4v) is 3.43. The highest BCUT2D eigenvalue weighted by Crippen LogP contribution is 2.39. The van der Waals surface area contributed by atoms with Crippen molar-refractivity contribution < 1.29 is 15.1 Å². The van der Waals surface area contributed by atoms with E-state index < -0.39 is 22.1 Å². The summed E-state index contributed by atoms with van der Waals surface area (Å²) in [6, 6.07) is 3.94. The number of benzene rings is 1. The van der Waals surface area contributed by atoms with E-state index in [1.54, 1.807) is 6.07 Å². The summed E-state index contributed by atoms with van der Waals surface area (Å²) >= 11 is 3.45. The summed E-state index contributed by atoms with van der Waals surface area (Å²) in [6.45, 7) is 5.81. The van der Waals surface area contributed by atoms with Crippen molar-refractivity contribution in [3.63, 3.8) is 0 Å². The van der Waals surface area contributed by atoms with Gasteiger partial charge < -0.3 is 10.2 Å². The van der Waals surface area contributed by atoms with Crippen molar-refractivity contribution >= 4 is 21.6 Å². The lowest BCUT2D eigenvalue weighted by Gasteiger charge is -2.13. The van der Waals surface area contributed by atoms with Gasteiger partial charge in [-0.15, -0.1) is 0 Å². The first-order valence-corrected chi connectivity index (χ1v) is 8.67. The van der Waals surface area contributed by atoms with Crippen LogP contribution in [0.2, 0.25) is 0 Å². The molecule has 0 saturated carbocycles. The Morgan fingerprint density at radius 2 is 1.81 bits per heavy atom. The monoisotopic (exact) mass is 430 g/mol. The third-order valence-corrected chi connectivity index (χ3v) is 4.97. The lowest BCUT2D eigenvalue weighted by Crippen LogP contribution is -2.00. The molecule has 0 radical (unpaired) electrons. The second kappa shape index (κ2) is 6.92. The molecule has 0 atom stereocenters. The summed E-state index contributed by atoms with van der Waals surface area (Å²) in [5.74, 6) is -0.984. The van der Waals surface area contributed by atoms with Gasteiger partial charge in [0.2, 0.25) is 5.75 Å². The lowest BCUT2D eigenvalue weighted by molar-refractivity contribution is -0.385. The van der Waals surface area contributed by atoms with Crippen LogP contribution in [0, 0.1) is 30.9 Å². The third kappa shape index (κ3) is 3.33. The number of aromatic nitrogens is 3. The topological polar surface area (TPSA) is 122 Å². The maximum absolute atomic E-state index is 11.1. The largest absolute Gasteiger partial charge is 0.504 e. The van der Waals surface area contributed by atoms with Gasteiger partial charge in [-0.2, -0.15) is 0 Å². The van der Waals surface area contributed by atoms with E-state index in [0.717, 1.165) is 28.5 Å². The van der Waals surface area contributed by atoms with Gasteiger partial charge in [-0.25, -0.2) is 15.0 Å². The van der Waals surface area contributed by atoms with Gasteiger partial charge in [0.1, 0.15) is 4.60 Å². The van der Waals surface area contributed by atoms with Gasteiger partial charge in [-0.3, -0.25) is 10.1 Å². The molecule has 0 aliphatic heterocycles. The van der Waals surface area contributed by atoms with Crippen LogP contribution in [0.3, 0.4) is 0 Å². The van der Waals surface area contributed by atoms with E-state index >= 15 is 0 Å². The first kappa shape index (κ1) is 18.7. The molecule has 0 aliphatic carbocycles. The van der Waals surface area contributed by atoms with Crippen molar-refractivity contribution in [2.24, 2.45) is 0 Å². The smallest absolute Gasteiger partial charge is 0.315 e. The van der Waals surface area contributed by atoms with Crippen molar-refractivity contribution in [3.05, 3.63) is 55.9 Å². The predicted molar refractivity (Wildman–Crippen MR) is 103 cm³/mol. The second-order valence-electron chi connectivity index (χ2n) is 6.00. The highest BCUT2D eigenvalue weighted by molar-refractivity contribution is 9.10. The Labute approximate surface area is 162 Å². The zero-order valence-electron chi connectivity index (χ0n) is 14.7. The molecule has 2 heterocycles. The Morgan fingerprint density at radius 1 is 1.11 bits per heavy atom. The van der Waals surface area contributed by atoms with Crippen LogP contribution in [0.25, 0.3) is 22.6 Å². The minimum atomic E-state index is -0.782. The number of aromatic hydroxyl groups is 2. The van der Waals surface area contributed by atoms with E-state index in [1.807, 2.05) is 20.8 Å². The zero-order chi connectivity index (χ0) is 19.9. The van der Waals surface area contributed by atoms with Crippen LogP contribution in [0.5, 0.6) is 11.5 Å². The number of nitrogens with zero attached hydrogens (tertiary/aromatic N) is 4. The molecular weight excluding hydrogens is 416 g/mol. The van der Waals surface area contributed by atoms with Gasteiger partial charge in [0.05, 0.1) is 16.2 Å². The SMILES string of the molecule is Cc1nc(Br)c(-c2nccc(-c3cc(O)c(O)c([N+](=O)[O-])c3)n2)c(C)c1C. The fraction of sp³-hybridized carbons (Fsp3) is 0.167. The maximum atomic E-state index is 11.1.